The molecule has 0 aliphatic rings. The summed E-state index contributed by atoms with van der Waals surface area (Å²) in [4.78, 5) is 34.0. The van der Waals surface area contributed by atoms with Gasteiger partial charge < -0.3 is 15.5 Å². The molecule has 0 unspecified atom stereocenters. The molecule has 1 rings (SSSR count). The number of carboxylic acid groups (broad SMARTS) is 2. The van der Waals surface area contributed by atoms with Crippen LogP contribution < -0.4 is 5.32 Å². The van der Waals surface area contributed by atoms with Crippen LogP contribution in [0.3, 0.4) is 0 Å². The number of carbonyl (C=O) groups is 3. The second-order valence-electron chi connectivity index (χ2n) is 4.77. The van der Waals surface area contributed by atoms with Crippen LogP contribution in [0.2, 0.25) is 20.1 Å². The summed E-state index contributed by atoms with van der Waals surface area (Å²) in [6.45, 7) is 0.214. The molecule has 0 saturated heterocycles. The quantitative estimate of drug-likeness (QED) is 0.331. The van der Waals surface area contributed by atoms with Gasteiger partial charge in [-0.3, -0.25) is 9.59 Å². The summed E-state index contributed by atoms with van der Waals surface area (Å²) in [5.74, 6) is -3.11. The molecule has 6 nitrogen and oxygen atoms in total. The summed E-state index contributed by atoms with van der Waals surface area (Å²) in [7, 11) is 0. The number of unbranched alkanes of at least 4 members (excludes halogenated alkanes) is 2. The zero-order valence-electron chi connectivity index (χ0n) is 12.2. The van der Waals surface area contributed by atoms with Gasteiger partial charge in [-0.05, 0) is 12.8 Å². The number of nitrogens with one attached hydrogen (secondary N) is 1. The molecule has 0 bridgehead atoms. The van der Waals surface area contributed by atoms with E-state index >= 15 is 0 Å². The summed E-state index contributed by atoms with van der Waals surface area (Å²) >= 11 is 23.5. The number of amides is 1. The molecule has 1 aromatic carbocycles. The van der Waals surface area contributed by atoms with E-state index in [-0.39, 0.29) is 38.6 Å². The molecule has 0 spiro atoms. The third-order valence-corrected chi connectivity index (χ3v) is 4.86. The summed E-state index contributed by atoms with van der Waals surface area (Å²) in [5, 5.41) is 19.1. The Morgan fingerprint density at radius 2 is 1.33 bits per heavy atom. The van der Waals surface area contributed by atoms with Gasteiger partial charge >= 0.3 is 11.9 Å². The van der Waals surface area contributed by atoms with Crippen molar-refractivity contribution in [3.8, 4) is 0 Å². The van der Waals surface area contributed by atoms with Crippen molar-refractivity contribution >= 4 is 64.2 Å². The van der Waals surface area contributed by atoms with Crippen LogP contribution >= 0.6 is 46.4 Å². The van der Waals surface area contributed by atoms with Gasteiger partial charge in [0.1, 0.15) is 0 Å². The zero-order valence-corrected chi connectivity index (χ0v) is 15.2. The van der Waals surface area contributed by atoms with Crippen molar-refractivity contribution in [1.29, 1.82) is 0 Å². The lowest BCUT2D eigenvalue weighted by atomic mass is 10.1. The van der Waals surface area contributed by atoms with Crippen molar-refractivity contribution in [2.75, 3.05) is 6.54 Å². The third kappa shape index (κ3) is 5.14. The van der Waals surface area contributed by atoms with Crippen molar-refractivity contribution in [3.05, 3.63) is 31.2 Å². The first kappa shape index (κ1) is 20.8. The summed E-state index contributed by atoms with van der Waals surface area (Å²) in [5.41, 5.74) is -0.895. The van der Waals surface area contributed by atoms with Crippen molar-refractivity contribution in [1.82, 2.24) is 5.32 Å². The van der Waals surface area contributed by atoms with Crippen molar-refractivity contribution < 1.29 is 24.6 Å². The van der Waals surface area contributed by atoms with Crippen LogP contribution in [0.5, 0.6) is 0 Å². The molecule has 0 saturated carbocycles. The normalized spacial score (nSPS) is 10.5. The molecule has 0 atom stereocenters. The van der Waals surface area contributed by atoms with Crippen LogP contribution in [0.1, 0.15) is 46.4 Å². The van der Waals surface area contributed by atoms with Gasteiger partial charge in [-0.2, -0.15) is 0 Å². The SMILES string of the molecule is O=C(O)CCCCCNC(=O)c1c(Cl)c(Cl)c(Cl)c(Cl)c1C(=O)O. The lowest BCUT2D eigenvalue weighted by Gasteiger charge is -2.13. The Morgan fingerprint density at radius 1 is 0.792 bits per heavy atom. The molecule has 1 aromatic rings. The average Bonchev–Trinajstić information content (AvgIpc) is 2.50. The first-order valence-electron chi connectivity index (χ1n) is 6.77. The zero-order chi connectivity index (χ0) is 18.4. The van der Waals surface area contributed by atoms with E-state index in [0.717, 1.165) is 0 Å². The third-order valence-electron chi connectivity index (χ3n) is 3.06. The summed E-state index contributed by atoms with van der Waals surface area (Å²) in [6.07, 6.45) is 1.64. The van der Waals surface area contributed by atoms with E-state index in [1.807, 2.05) is 0 Å². The van der Waals surface area contributed by atoms with Crippen molar-refractivity contribution in [2.45, 2.75) is 25.7 Å². The largest absolute Gasteiger partial charge is 0.481 e. The molecule has 0 aromatic heterocycles. The molecule has 0 aliphatic carbocycles. The number of rotatable bonds is 8. The lowest BCUT2D eigenvalue weighted by Crippen LogP contribution is -2.27. The fourth-order valence-electron chi connectivity index (χ4n) is 1.91. The Labute approximate surface area is 157 Å². The molecule has 24 heavy (non-hydrogen) atoms. The molecule has 0 heterocycles. The minimum atomic E-state index is -1.47. The van der Waals surface area contributed by atoms with Crippen LogP contribution in [-0.4, -0.2) is 34.6 Å². The Morgan fingerprint density at radius 3 is 1.83 bits per heavy atom. The number of benzene rings is 1. The molecule has 0 aliphatic heterocycles. The Balaban J connectivity index is 2.87. The van der Waals surface area contributed by atoms with Gasteiger partial charge in [-0.1, -0.05) is 52.8 Å². The predicted molar refractivity (Wildman–Crippen MR) is 91.9 cm³/mol. The molecular weight excluding hydrogens is 404 g/mol. The summed E-state index contributed by atoms with van der Waals surface area (Å²) < 4.78 is 0. The molecule has 1 amide bonds. The molecule has 10 heteroatoms. The molecule has 132 valence electrons. The van der Waals surface area contributed by atoms with Crippen LogP contribution in [0.4, 0.5) is 0 Å². The van der Waals surface area contributed by atoms with E-state index in [2.05, 4.69) is 5.32 Å². The Hall–Kier alpha value is -1.21. The first-order chi connectivity index (χ1) is 11.2. The fourth-order valence-corrected chi connectivity index (χ4v) is 2.93. The number of hydrogen-bond acceptors (Lipinski definition) is 3. The first-order valence-corrected chi connectivity index (χ1v) is 8.28. The highest BCUT2D eigenvalue weighted by atomic mass is 35.5. The van der Waals surface area contributed by atoms with Gasteiger partial charge in [0.15, 0.2) is 0 Å². The molecule has 0 radical (unpaired) electrons. The fraction of sp³-hybridized carbons (Fsp3) is 0.357. The molecule has 0 fully saturated rings. The standard InChI is InChI=1S/C14H13Cl4NO5/c15-9-7(8(14(23)24)10(16)12(18)11(9)17)13(22)19-5-3-1-2-4-6(20)21/h1-5H2,(H,19,22)(H,20,21)(H,23,24). The number of aliphatic carboxylic acids is 1. The van der Waals surface area contributed by atoms with Crippen LogP contribution in [0, 0.1) is 0 Å². The number of aromatic carboxylic acids is 1. The Bertz CT molecular complexity index is 678. The van der Waals surface area contributed by atoms with Gasteiger partial charge in [-0.25, -0.2) is 4.79 Å². The monoisotopic (exact) mass is 415 g/mol. The second-order valence-corrected chi connectivity index (χ2v) is 6.28. The average molecular weight is 417 g/mol. The maximum atomic E-state index is 12.2. The Kier molecular flexibility index (Phi) is 8.09. The smallest absolute Gasteiger partial charge is 0.338 e. The van der Waals surface area contributed by atoms with Gasteiger partial charge in [0.25, 0.3) is 5.91 Å². The van der Waals surface area contributed by atoms with Gasteiger partial charge in [0, 0.05) is 13.0 Å². The van der Waals surface area contributed by atoms with Crippen molar-refractivity contribution in [2.24, 2.45) is 0 Å². The topological polar surface area (TPSA) is 104 Å². The lowest BCUT2D eigenvalue weighted by molar-refractivity contribution is -0.137. The van der Waals surface area contributed by atoms with Gasteiger partial charge in [0.05, 0.1) is 31.2 Å². The van der Waals surface area contributed by atoms with E-state index in [4.69, 9.17) is 51.5 Å². The number of halogens is 4. The molecule has 3 N–H and O–H groups in total. The molecular formula is C14H13Cl4NO5. The highest BCUT2D eigenvalue weighted by molar-refractivity contribution is 6.54. The van der Waals surface area contributed by atoms with Crippen LogP contribution in [0.15, 0.2) is 0 Å². The number of carboxylic acids is 2. The minimum absolute atomic E-state index is 0.0470. The van der Waals surface area contributed by atoms with E-state index in [0.29, 0.717) is 19.3 Å². The van der Waals surface area contributed by atoms with Crippen LogP contribution in [-0.2, 0) is 4.79 Å². The van der Waals surface area contributed by atoms with Crippen molar-refractivity contribution in [3.63, 3.8) is 0 Å². The van der Waals surface area contributed by atoms with Crippen LogP contribution in [0.25, 0.3) is 0 Å². The number of carbonyl (C=O) groups excluding carboxylic acids is 1. The predicted octanol–water partition coefficient (Wildman–Crippen LogP) is 4.37. The second kappa shape index (κ2) is 9.32. The maximum absolute atomic E-state index is 12.2. The highest BCUT2D eigenvalue weighted by Crippen LogP contribution is 2.41. The summed E-state index contributed by atoms with van der Waals surface area (Å²) in [6, 6.07) is 0. The number of hydrogen-bond donors (Lipinski definition) is 3. The van der Waals surface area contributed by atoms with Gasteiger partial charge in [-0.15, -0.1) is 0 Å². The van der Waals surface area contributed by atoms with Gasteiger partial charge in [0.2, 0.25) is 0 Å². The minimum Gasteiger partial charge on any atom is -0.481 e. The van der Waals surface area contributed by atoms with E-state index < -0.39 is 23.4 Å². The van der Waals surface area contributed by atoms with E-state index in [1.165, 1.54) is 0 Å². The van der Waals surface area contributed by atoms with E-state index in [1.54, 1.807) is 0 Å². The highest BCUT2D eigenvalue weighted by Gasteiger charge is 2.28. The van der Waals surface area contributed by atoms with E-state index in [9.17, 15) is 19.5 Å². The maximum Gasteiger partial charge on any atom is 0.338 e.